The first kappa shape index (κ1) is 22.8. The molecule has 9 nitrogen and oxygen atoms in total. The van der Waals surface area contributed by atoms with Gasteiger partial charge in [0.15, 0.2) is 11.5 Å². The number of rotatable bonds is 11. The molecule has 0 aliphatic rings. The summed E-state index contributed by atoms with van der Waals surface area (Å²) in [4.78, 5) is 30.7. The lowest BCUT2D eigenvalue weighted by Gasteiger charge is -2.15. The van der Waals surface area contributed by atoms with Crippen LogP contribution in [0, 0.1) is 0 Å². The number of methoxy groups -OCH3 is 1. The smallest absolute Gasteiger partial charge is 0.308 e. The summed E-state index contributed by atoms with van der Waals surface area (Å²) in [5, 5.41) is 12.6. The number of anilines is 2. The van der Waals surface area contributed by atoms with Gasteiger partial charge in [-0.1, -0.05) is 12.1 Å². The van der Waals surface area contributed by atoms with E-state index in [1.165, 1.54) is 20.4 Å². The van der Waals surface area contributed by atoms with Crippen molar-refractivity contribution in [3.05, 3.63) is 42.7 Å². The lowest BCUT2D eigenvalue weighted by atomic mass is 10.2. The first-order valence-electron chi connectivity index (χ1n) is 10.2. The average Bonchev–Trinajstić information content (AvgIpc) is 2.76. The molecule has 0 saturated carbocycles. The van der Waals surface area contributed by atoms with Crippen LogP contribution in [-0.2, 0) is 9.59 Å². The van der Waals surface area contributed by atoms with Crippen LogP contribution >= 0.6 is 0 Å². The van der Waals surface area contributed by atoms with Crippen LogP contribution in [0.5, 0.6) is 17.2 Å². The molecule has 9 heteroatoms. The Morgan fingerprint density at radius 2 is 1.84 bits per heavy atom. The van der Waals surface area contributed by atoms with Crippen LogP contribution in [0.3, 0.4) is 0 Å². The van der Waals surface area contributed by atoms with Crippen molar-refractivity contribution in [1.29, 1.82) is 0 Å². The number of benzene rings is 2. The molecular formula is C23H25N3O6. The molecule has 0 saturated heterocycles. The van der Waals surface area contributed by atoms with Crippen LogP contribution in [0.15, 0.2) is 42.7 Å². The number of carboxylic acids is 1. The fraction of sp³-hybridized carbons (Fsp3) is 0.304. The van der Waals surface area contributed by atoms with E-state index in [1.54, 1.807) is 12.1 Å². The van der Waals surface area contributed by atoms with Gasteiger partial charge in [0.25, 0.3) is 0 Å². The van der Waals surface area contributed by atoms with Crippen LogP contribution in [-0.4, -0.2) is 40.7 Å². The third-order valence-electron chi connectivity index (χ3n) is 4.61. The minimum Gasteiger partial charge on any atom is -0.493 e. The van der Waals surface area contributed by atoms with E-state index < -0.39 is 11.9 Å². The molecule has 3 aromatic rings. The largest absolute Gasteiger partial charge is 0.493 e. The van der Waals surface area contributed by atoms with Gasteiger partial charge < -0.3 is 24.6 Å². The van der Waals surface area contributed by atoms with E-state index in [4.69, 9.17) is 19.3 Å². The number of esters is 1. The minimum absolute atomic E-state index is 0.166. The van der Waals surface area contributed by atoms with E-state index in [1.807, 2.05) is 24.3 Å². The predicted molar refractivity (Wildman–Crippen MR) is 119 cm³/mol. The monoisotopic (exact) mass is 439 g/mol. The van der Waals surface area contributed by atoms with Crippen molar-refractivity contribution in [2.45, 2.75) is 32.6 Å². The number of ether oxygens (including phenoxy) is 3. The normalized spacial score (nSPS) is 10.6. The summed E-state index contributed by atoms with van der Waals surface area (Å²) < 4.78 is 16.5. The van der Waals surface area contributed by atoms with Crippen molar-refractivity contribution in [2.24, 2.45) is 0 Å². The van der Waals surface area contributed by atoms with Crippen molar-refractivity contribution in [3.8, 4) is 17.2 Å². The SMILES string of the molecule is COc1cc2ncnc(Nc3ccccc3OCCCCCC(=O)O)c2cc1OC(C)=O. The molecule has 1 heterocycles. The number of carboxylic acid groups (broad SMARTS) is 1. The maximum atomic E-state index is 11.5. The van der Waals surface area contributed by atoms with E-state index in [0.29, 0.717) is 46.9 Å². The van der Waals surface area contributed by atoms with Crippen molar-refractivity contribution in [1.82, 2.24) is 9.97 Å². The molecular weight excluding hydrogens is 414 g/mol. The Balaban J connectivity index is 1.79. The van der Waals surface area contributed by atoms with Crippen molar-refractivity contribution < 1.29 is 28.9 Å². The van der Waals surface area contributed by atoms with Gasteiger partial charge in [0, 0.05) is 24.8 Å². The highest BCUT2D eigenvalue weighted by Crippen LogP contribution is 2.36. The van der Waals surface area contributed by atoms with Gasteiger partial charge in [-0.3, -0.25) is 9.59 Å². The molecule has 0 spiro atoms. The van der Waals surface area contributed by atoms with Crippen LogP contribution in [0.2, 0.25) is 0 Å². The summed E-state index contributed by atoms with van der Waals surface area (Å²) in [5.74, 6) is 0.582. The first-order chi connectivity index (χ1) is 15.5. The summed E-state index contributed by atoms with van der Waals surface area (Å²) in [6.07, 6.45) is 3.75. The molecule has 168 valence electrons. The van der Waals surface area contributed by atoms with Crippen LogP contribution in [0.4, 0.5) is 11.5 Å². The Labute approximate surface area is 185 Å². The Hall–Kier alpha value is -3.88. The second kappa shape index (κ2) is 10.9. The number of aliphatic carboxylic acids is 1. The molecule has 32 heavy (non-hydrogen) atoms. The van der Waals surface area contributed by atoms with Gasteiger partial charge in [0.2, 0.25) is 0 Å². The molecule has 1 aromatic heterocycles. The highest BCUT2D eigenvalue weighted by molar-refractivity contribution is 5.94. The van der Waals surface area contributed by atoms with Crippen LogP contribution in [0.1, 0.15) is 32.6 Å². The van der Waals surface area contributed by atoms with Crippen LogP contribution < -0.4 is 19.5 Å². The lowest BCUT2D eigenvalue weighted by molar-refractivity contribution is -0.137. The molecule has 0 amide bonds. The number of hydrogen-bond donors (Lipinski definition) is 2. The zero-order valence-corrected chi connectivity index (χ0v) is 18.0. The van der Waals surface area contributed by atoms with Gasteiger partial charge in [-0.05, 0) is 37.5 Å². The first-order valence-corrected chi connectivity index (χ1v) is 10.2. The summed E-state index contributed by atoms with van der Waals surface area (Å²) in [6.45, 7) is 1.79. The number of nitrogens with one attached hydrogen (secondary N) is 1. The van der Waals surface area contributed by atoms with Gasteiger partial charge >= 0.3 is 11.9 Å². The second-order valence-electron chi connectivity index (χ2n) is 7.01. The second-order valence-corrected chi connectivity index (χ2v) is 7.01. The Kier molecular flexibility index (Phi) is 7.80. The molecule has 0 unspecified atom stereocenters. The van der Waals surface area contributed by atoms with Gasteiger partial charge in [-0.25, -0.2) is 9.97 Å². The molecule has 2 N–H and O–H groups in total. The number of nitrogens with zero attached hydrogens (tertiary/aromatic N) is 2. The predicted octanol–water partition coefficient (Wildman–Crippen LogP) is 4.33. The number of unbranched alkanes of at least 4 members (excludes halogenated alkanes) is 2. The third kappa shape index (κ3) is 6.07. The highest BCUT2D eigenvalue weighted by Gasteiger charge is 2.14. The van der Waals surface area contributed by atoms with E-state index in [-0.39, 0.29) is 12.2 Å². The molecule has 0 atom stereocenters. The maximum Gasteiger partial charge on any atom is 0.308 e. The van der Waals surface area contributed by atoms with Crippen molar-refractivity contribution in [2.75, 3.05) is 19.0 Å². The van der Waals surface area contributed by atoms with Gasteiger partial charge in [0.1, 0.15) is 17.9 Å². The zero-order chi connectivity index (χ0) is 22.9. The third-order valence-corrected chi connectivity index (χ3v) is 4.61. The van der Waals surface area contributed by atoms with Crippen molar-refractivity contribution in [3.63, 3.8) is 0 Å². The number of hydrogen-bond acceptors (Lipinski definition) is 8. The summed E-state index contributed by atoms with van der Waals surface area (Å²) >= 11 is 0. The van der Waals surface area contributed by atoms with Gasteiger partial charge in [-0.2, -0.15) is 0 Å². The molecule has 3 rings (SSSR count). The van der Waals surface area contributed by atoms with Crippen molar-refractivity contribution >= 4 is 34.3 Å². The standard InChI is InChI=1S/C23H25N3O6/c1-15(27)32-21-12-16-18(13-20(21)30-2)24-14-25-23(16)26-17-8-5-6-9-19(17)31-11-7-3-4-10-22(28)29/h5-6,8-9,12-14H,3-4,7,10-11H2,1-2H3,(H,28,29)(H,24,25,26). The Morgan fingerprint density at radius 3 is 2.59 bits per heavy atom. The number of aromatic nitrogens is 2. The average molecular weight is 439 g/mol. The fourth-order valence-corrected chi connectivity index (χ4v) is 3.12. The number of carbonyl (C=O) groups is 2. The highest BCUT2D eigenvalue weighted by atomic mass is 16.6. The molecule has 0 bridgehead atoms. The molecule has 0 radical (unpaired) electrons. The fourth-order valence-electron chi connectivity index (χ4n) is 3.12. The van der Waals surface area contributed by atoms with E-state index >= 15 is 0 Å². The van der Waals surface area contributed by atoms with Gasteiger partial charge in [-0.15, -0.1) is 0 Å². The Bertz CT molecular complexity index is 1100. The topological polar surface area (TPSA) is 120 Å². The number of fused-ring (bicyclic) bond motifs is 1. The summed E-state index contributed by atoms with van der Waals surface area (Å²) in [7, 11) is 1.49. The zero-order valence-electron chi connectivity index (χ0n) is 18.0. The van der Waals surface area contributed by atoms with Gasteiger partial charge in [0.05, 0.1) is 24.9 Å². The van der Waals surface area contributed by atoms with E-state index in [0.717, 1.165) is 12.8 Å². The molecule has 0 aliphatic carbocycles. The van der Waals surface area contributed by atoms with E-state index in [2.05, 4.69) is 15.3 Å². The van der Waals surface area contributed by atoms with E-state index in [9.17, 15) is 9.59 Å². The molecule has 2 aromatic carbocycles. The quantitative estimate of drug-likeness (QED) is 0.255. The number of carbonyl (C=O) groups excluding carboxylic acids is 1. The molecule has 0 fully saturated rings. The summed E-state index contributed by atoms with van der Waals surface area (Å²) in [6, 6.07) is 10.8. The number of para-hydroxylation sites is 2. The lowest BCUT2D eigenvalue weighted by Crippen LogP contribution is -2.05. The minimum atomic E-state index is -0.785. The maximum absolute atomic E-state index is 11.5. The molecule has 0 aliphatic heterocycles. The van der Waals surface area contributed by atoms with Crippen LogP contribution in [0.25, 0.3) is 10.9 Å². The Morgan fingerprint density at radius 1 is 1.03 bits per heavy atom. The summed E-state index contributed by atoms with van der Waals surface area (Å²) in [5.41, 5.74) is 1.33.